The highest BCUT2D eigenvalue weighted by atomic mass is 79.9. The molecule has 4 aromatic carbocycles. The molecule has 40 heavy (non-hydrogen) atoms. The molecule has 0 amide bonds. The molecule has 0 unspecified atom stereocenters. The van der Waals surface area contributed by atoms with E-state index in [4.69, 9.17) is 9.47 Å². The Morgan fingerprint density at radius 1 is 0.825 bits per heavy atom. The van der Waals surface area contributed by atoms with Crippen molar-refractivity contribution in [2.75, 3.05) is 20.2 Å². The van der Waals surface area contributed by atoms with E-state index in [9.17, 15) is 0 Å². The van der Waals surface area contributed by atoms with Crippen LogP contribution >= 0.6 is 0 Å². The van der Waals surface area contributed by atoms with Crippen LogP contribution in [0.5, 0.6) is 5.75 Å². The van der Waals surface area contributed by atoms with Crippen molar-refractivity contribution in [1.29, 1.82) is 0 Å². The SMILES string of the molecule is COc1ccc(CO[C@]2(c3ccccc3)C[N@+]3(Cc4ccc5ccccc5c4)C[C@@H](C)[C@@H]4CC[C@H]2[C@@]43C)cc1.[Br-]. The molecule has 2 saturated heterocycles. The summed E-state index contributed by atoms with van der Waals surface area (Å²) in [6, 6.07) is 35.5. The van der Waals surface area contributed by atoms with E-state index < -0.39 is 0 Å². The first-order valence-corrected chi connectivity index (χ1v) is 14.6. The predicted octanol–water partition coefficient (Wildman–Crippen LogP) is 4.73. The molecular formula is C36H40BrNO2. The maximum atomic E-state index is 7.28. The van der Waals surface area contributed by atoms with Crippen LogP contribution in [0.2, 0.25) is 0 Å². The highest BCUT2D eigenvalue weighted by Gasteiger charge is 2.78. The Morgan fingerprint density at radius 2 is 1.52 bits per heavy atom. The number of rotatable bonds is 7. The minimum Gasteiger partial charge on any atom is -1.00 e. The van der Waals surface area contributed by atoms with E-state index in [1.54, 1.807) is 7.11 Å². The third-order valence-corrected chi connectivity index (χ3v) is 10.9. The van der Waals surface area contributed by atoms with Crippen molar-refractivity contribution in [1.82, 2.24) is 0 Å². The van der Waals surface area contributed by atoms with Crippen LogP contribution < -0.4 is 21.7 Å². The molecule has 0 radical (unpaired) electrons. The second kappa shape index (κ2) is 10.3. The smallest absolute Gasteiger partial charge is 0.151 e. The van der Waals surface area contributed by atoms with E-state index in [-0.39, 0.29) is 28.1 Å². The highest BCUT2D eigenvalue weighted by molar-refractivity contribution is 5.82. The minimum atomic E-state index is -0.304. The summed E-state index contributed by atoms with van der Waals surface area (Å²) < 4.78 is 13.8. The van der Waals surface area contributed by atoms with Crippen LogP contribution in [-0.4, -0.2) is 30.2 Å². The van der Waals surface area contributed by atoms with Crippen molar-refractivity contribution >= 4 is 10.8 Å². The van der Waals surface area contributed by atoms with Gasteiger partial charge in [-0.15, -0.1) is 0 Å². The Bertz CT molecular complexity index is 1490. The van der Waals surface area contributed by atoms with Gasteiger partial charge in [0.15, 0.2) is 5.60 Å². The molecule has 3 nitrogen and oxygen atoms in total. The van der Waals surface area contributed by atoms with Gasteiger partial charge in [0.25, 0.3) is 0 Å². The Kier molecular flexibility index (Phi) is 7.09. The van der Waals surface area contributed by atoms with E-state index in [1.165, 1.54) is 46.8 Å². The molecule has 4 aromatic rings. The molecule has 0 aromatic heterocycles. The molecule has 0 N–H and O–H groups in total. The van der Waals surface area contributed by atoms with Gasteiger partial charge in [-0.3, -0.25) is 0 Å². The number of hydrogen-bond acceptors (Lipinski definition) is 2. The average molecular weight is 599 g/mol. The van der Waals surface area contributed by atoms with Crippen LogP contribution in [0.3, 0.4) is 0 Å². The van der Waals surface area contributed by atoms with Gasteiger partial charge in [0.05, 0.1) is 26.2 Å². The van der Waals surface area contributed by atoms with Gasteiger partial charge in [0.1, 0.15) is 24.4 Å². The zero-order valence-corrected chi connectivity index (χ0v) is 25.4. The summed E-state index contributed by atoms with van der Waals surface area (Å²) >= 11 is 0. The second-order valence-corrected chi connectivity index (χ2v) is 12.7. The lowest BCUT2D eigenvalue weighted by Gasteiger charge is -2.43. The normalized spacial score (nSPS) is 32.1. The van der Waals surface area contributed by atoms with Gasteiger partial charge < -0.3 is 30.9 Å². The van der Waals surface area contributed by atoms with Gasteiger partial charge in [0.2, 0.25) is 0 Å². The lowest BCUT2D eigenvalue weighted by atomic mass is 9.73. The summed E-state index contributed by atoms with van der Waals surface area (Å²) in [6.45, 7) is 9.08. The standard InChI is InChI=1S/C36H40NO2.BrH/c1-26-22-37(23-28-13-16-29-9-7-8-10-30(29)21-28)25-36(31-11-5-4-6-12-31,34-20-19-33(26)35(34,37)2)39-24-27-14-17-32(38-3)18-15-27;/h4-18,21,26,33-34H,19-20,22-25H2,1-3H3;1H/q+1;/p-1/t26-,33+,34+,35-,36+,37-;/m1./s1. The van der Waals surface area contributed by atoms with Crippen molar-refractivity contribution < 1.29 is 30.9 Å². The van der Waals surface area contributed by atoms with E-state index in [1.807, 2.05) is 12.1 Å². The molecule has 2 aliphatic heterocycles. The molecule has 1 saturated carbocycles. The number of methoxy groups -OCH3 is 1. The summed E-state index contributed by atoms with van der Waals surface area (Å²) in [7, 11) is 1.72. The fraction of sp³-hybridized carbons (Fsp3) is 0.389. The molecule has 0 bridgehead atoms. The molecule has 4 heteroatoms. The number of fused-ring (bicyclic) bond motifs is 1. The fourth-order valence-corrected chi connectivity index (χ4v) is 9.26. The molecule has 1 aliphatic carbocycles. The van der Waals surface area contributed by atoms with Crippen molar-refractivity contribution in [3.8, 4) is 5.75 Å². The number of nitrogens with zero attached hydrogens (tertiary/aromatic N) is 1. The number of hydrogen-bond donors (Lipinski definition) is 0. The summed E-state index contributed by atoms with van der Waals surface area (Å²) in [6.07, 6.45) is 2.54. The van der Waals surface area contributed by atoms with Crippen LogP contribution in [0.4, 0.5) is 0 Å². The van der Waals surface area contributed by atoms with Gasteiger partial charge in [-0.2, -0.15) is 0 Å². The molecule has 3 aliphatic rings. The molecule has 208 valence electrons. The molecule has 6 atom stereocenters. The van der Waals surface area contributed by atoms with Gasteiger partial charge >= 0.3 is 0 Å². The number of quaternary nitrogens is 1. The fourth-order valence-electron chi connectivity index (χ4n) is 9.26. The van der Waals surface area contributed by atoms with Crippen LogP contribution in [0, 0.1) is 17.8 Å². The molecule has 7 rings (SSSR count). The lowest BCUT2D eigenvalue weighted by molar-refractivity contribution is -0.968. The van der Waals surface area contributed by atoms with E-state index in [0.29, 0.717) is 12.5 Å². The molecule has 2 heterocycles. The van der Waals surface area contributed by atoms with Gasteiger partial charge in [-0.1, -0.05) is 85.8 Å². The van der Waals surface area contributed by atoms with Gasteiger partial charge in [0, 0.05) is 17.4 Å². The minimum absolute atomic E-state index is 0. The van der Waals surface area contributed by atoms with Crippen molar-refractivity contribution in [3.63, 3.8) is 0 Å². The Labute approximate surface area is 249 Å². The zero-order chi connectivity index (χ0) is 26.7. The van der Waals surface area contributed by atoms with Crippen molar-refractivity contribution in [2.24, 2.45) is 17.8 Å². The highest BCUT2D eigenvalue weighted by Crippen LogP contribution is 2.68. The third kappa shape index (κ3) is 4.06. The largest absolute Gasteiger partial charge is 1.00 e. The number of ether oxygens (including phenoxy) is 2. The summed E-state index contributed by atoms with van der Waals surface area (Å²) in [5.41, 5.74) is 3.89. The first-order chi connectivity index (χ1) is 19.0. The first-order valence-electron chi connectivity index (χ1n) is 14.6. The zero-order valence-electron chi connectivity index (χ0n) is 23.9. The van der Waals surface area contributed by atoms with Crippen LogP contribution in [0.15, 0.2) is 97.1 Å². The van der Waals surface area contributed by atoms with Gasteiger partial charge in [-0.25, -0.2) is 0 Å². The van der Waals surface area contributed by atoms with E-state index in [2.05, 4.69) is 98.8 Å². The predicted molar refractivity (Wildman–Crippen MR) is 157 cm³/mol. The second-order valence-electron chi connectivity index (χ2n) is 12.7. The molecule has 3 fully saturated rings. The lowest BCUT2D eigenvalue weighted by Crippen LogP contribution is -3.00. The third-order valence-electron chi connectivity index (χ3n) is 10.9. The van der Waals surface area contributed by atoms with E-state index in [0.717, 1.165) is 35.2 Å². The Morgan fingerprint density at radius 3 is 2.27 bits per heavy atom. The maximum Gasteiger partial charge on any atom is 0.151 e. The summed E-state index contributed by atoms with van der Waals surface area (Å²) in [5, 5.41) is 2.66. The maximum absolute atomic E-state index is 7.28. The Hall–Kier alpha value is -2.66. The first kappa shape index (κ1) is 27.5. The average Bonchev–Trinajstić information content (AvgIpc) is 3.52. The summed E-state index contributed by atoms with van der Waals surface area (Å²) in [5.74, 6) is 2.84. The quantitative estimate of drug-likeness (QED) is 0.287. The number of halogens is 1. The van der Waals surface area contributed by atoms with Crippen LogP contribution in [-0.2, 0) is 23.5 Å². The van der Waals surface area contributed by atoms with Crippen LogP contribution in [0.1, 0.15) is 43.4 Å². The van der Waals surface area contributed by atoms with Gasteiger partial charge in [-0.05, 0) is 59.9 Å². The van der Waals surface area contributed by atoms with Crippen molar-refractivity contribution in [2.45, 2.75) is 51.0 Å². The number of benzene rings is 4. The van der Waals surface area contributed by atoms with Crippen molar-refractivity contribution in [3.05, 3.63) is 114 Å². The van der Waals surface area contributed by atoms with Crippen LogP contribution in [0.25, 0.3) is 10.8 Å². The monoisotopic (exact) mass is 597 g/mol. The molecule has 0 spiro atoms. The summed E-state index contributed by atoms with van der Waals surface area (Å²) in [4.78, 5) is 0. The van der Waals surface area contributed by atoms with E-state index >= 15 is 0 Å². The topological polar surface area (TPSA) is 18.5 Å². The Balaban J connectivity index is 0.00000289. The molecular weight excluding hydrogens is 558 g/mol.